The van der Waals surface area contributed by atoms with Crippen molar-refractivity contribution in [2.75, 3.05) is 11.9 Å². The van der Waals surface area contributed by atoms with Crippen LogP contribution in [0.15, 0.2) is 54.1 Å². The Morgan fingerprint density at radius 3 is 2.59 bits per heavy atom. The number of hydrogen-bond acceptors (Lipinski definition) is 3. The second-order valence-corrected chi connectivity index (χ2v) is 9.37. The van der Waals surface area contributed by atoms with Gasteiger partial charge >= 0.3 is 0 Å². The number of aryl methyl sites for hydroxylation is 2. The first-order valence-corrected chi connectivity index (χ1v) is 12.3. The molecule has 0 saturated carbocycles. The summed E-state index contributed by atoms with van der Waals surface area (Å²) in [6, 6.07) is 13.6. The fourth-order valence-corrected chi connectivity index (χ4v) is 4.20. The topological polar surface area (TPSA) is 86.9 Å². The van der Waals surface area contributed by atoms with Crippen molar-refractivity contribution in [3.05, 3.63) is 71.1 Å². The third-order valence-corrected chi connectivity index (χ3v) is 6.31. The fraction of sp³-hybridized carbons (Fsp3) is 0.393. The molecule has 0 atom stereocenters. The molecule has 0 unspecified atom stereocenters. The molecular weight excluding hydrogens is 424 g/mol. The molecule has 1 aliphatic rings. The maximum absolute atomic E-state index is 12.6. The third kappa shape index (κ3) is 6.34. The van der Waals surface area contributed by atoms with E-state index < -0.39 is 0 Å². The van der Waals surface area contributed by atoms with E-state index in [-0.39, 0.29) is 17.7 Å². The number of allylic oxidation sites excluding steroid dienone is 1. The Hall–Kier alpha value is -3.41. The Bertz CT molecular complexity index is 1170. The van der Waals surface area contributed by atoms with Crippen LogP contribution in [0.3, 0.4) is 0 Å². The number of anilines is 1. The molecule has 0 spiro atoms. The van der Waals surface area contributed by atoms with E-state index in [4.69, 9.17) is 0 Å². The van der Waals surface area contributed by atoms with Crippen molar-refractivity contribution >= 4 is 28.5 Å². The highest BCUT2D eigenvalue weighted by molar-refractivity contribution is 5.97. The highest BCUT2D eigenvalue weighted by Gasteiger charge is 2.11. The second kappa shape index (κ2) is 11.1. The number of rotatable bonds is 9. The molecule has 0 radical (unpaired) electrons. The molecule has 0 saturated heterocycles. The molecule has 0 bridgehead atoms. The van der Waals surface area contributed by atoms with Gasteiger partial charge in [0.25, 0.3) is 5.91 Å². The summed E-state index contributed by atoms with van der Waals surface area (Å²) in [5.74, 6) is 0.830. The molecule has 3 aromatic rings. The number of imidazole rings is 1. The minimum Gasteiger partial charge on any atom is -0.352 e. The van der Waals surface area contributed by atoms with Crippen LogP contribution >= 0.6 is 0 Å². The van der Waals surface area contributed by atoms with Crippen LogP contribution in [-0.4, -0.2) is 28.3 Å². The van der Waals surface area contributed by atoms with Gasteiger partial charge in [0.1, 0.15) is 5.82 Å². The van der Waals surface area contributed by atoms with Gasteiger partial charge in [0, 0.05) is 30.1 Å². The minimum absolute atomic E-state index is 0.0182. The van der Waals surface area contributed by atoms with Crippen molar-refractivity contribution in [1.29, 1.82) is 0 Å². The lowest BCUT2D eigenvalue weighted by Crippen LogP contribution is -2.24. The SMILES string of the molecule is CC(C)C(=O)Nc1ccc(CCc2nc3ccc(C(=O)NCCC4=CCCCC4)cc3[nH]2)cc1. The van der Waals surface area contributed by atoms with Crippen molar-refractivity contribution in [3.63, 3.8) is 0 Å². The second-order valence-electron chi connectivity index (χ2n) is 9.37. The standard InChI is InChI=1S/C28H34N4O2/c1-19(2)27(33)30-23-12-8-21(9-13-23)10-15-26-31-24-14-11-22(18-25(24)32-26)28(34)29-17-16-20-6-4-3-5-7-20/h6,8-9,11-14,18-19H,3-5,7,10,15-17H2,1-2H3,(H,29,34)(H,30,33)(H,31,32). The Morgan fingerprint density at radius 2 is 1.85 bits per heavy atom. The summed E-state index contributed by atoms with van der Waals surface area (Å²) in [5.41, 5.74) is 5.85. The fourth-order valence-electron chi connectivity index (χ4n) is 4.20. The lowest BCUT2D eigenvalue weighted by molar-refractivity contribution is -0.118. The molecule has 0 aliphatic heterocycles. The van der Waals surface area contributed by atoms with E-state index in [9.17, 15) is 9.59 Å². The summed E-state index contributed by atoms with van der Waals surface area (Å²) >= 11 is 0. The molecular formula is C28H34N4O2. The highest BCUT2D eigenvalue weighted by Crippen LogP contribution is 2.20. The van der Waals surface area contributed by atoms with Crippen LogP contribution in [0, 0.1) is 5.92 Å². The van der Waals surface area contributed by atoms with Crippen LogP contribution in [-0.2, 0) is 17.6 Å². The molecule has 6 heteroatoms. The number of aromatic amines is 1. The average molecular weight is 459 g/mol. The van der Waals surface area contributed by atoms with E-state index >= 15 is 0 Å². The number of hydrogen-bond donors (Lipinski definition) is 3. The van der Waals surface area contributed by atoms with Crippen LogP contribution in [0.25, 0.3) is 11.0 Å². The van der Waals surface area contributed by atoms with Gasteiger partial charge in [0.15, 0.2) is 0 Å². The molecule has 0 fully saturated rings. The van der Waals surface area contributed by atoms with Crippen LogP contribution in [0.1, 0.15) is 67.7 Å². The van der Waals surface area contributed by atoms with Gasteiger partial charge < -0.3 is 15.6 Å². The first-order valence-electron chi connectivity index (χ1n) is 12.3. The van der Waals surface area contributed by atoms with Gasteiger partial charge in [-0.2, -0.15) is 0 Å². The molecule has 1 aliphatic carbocycles. The molecule has 178 valence electrons. The zero-order chi connectivity index (χ0) is 23.9. The maximum atomic E-state index is 12.6. The van der Waals surface area contributed by atoms with Crippen molar-refractivity contribution in [2.24, 2.45) is 5.92 Å². The summed E-state index contributed by atoms with van der Waals surface area (Å²) in [6.07, 6.45) is 9.75. The molecule has 2 aromatic carbocycles. The first-order chi connectivity index (χ1) is 16.5. The van der Waals surface area contributed by atoms with Crippen LogP contribution in [0.2, 0.25) is 0 Å². The van der Waals surface area contributed by atoms with Crippen molar-refractivity contribution in [2.45, 2.75) is 58.8 Å². The van der Waals surface area contributed by atoms with Gasteiger partial charge in [-0.1, -0.05) is 37.6 Å². The monoisotopic (exact) mass is 458 g/mol. The molecule has 2 amide bonds. The number of nitrogens with zero attached hydrogens (tertiary/aromatic N) is 1. The van der Waals surface area contributed by atoms with E-state index in [1.165, 1.54) is 30.4 Å². The number of H-pyrrole nitrogens is 1. The van der Waals surface area contributed by atoms with E-state index in [1.54, 1.807) is 0 Å². The Balaban J connectivity index is 1.30. The van der Waals surface area contributed by atoms with Gasteiger partial charge in [-0.25, -0.2) is 4.98 Å². The van der Waals surface area contributed by atoms with Crippen molar-refractivity contribution < 1.29 is 9.59 Å². The maximum Gasteiger partial charge on any atom is 0.251 e. The molecule has 1 heterocycles. The van der Waals surface area contributed by atoms with Crippen LogP contribution < -0.4 is 10.6 Å². The first kappa shape index (κ1) is 23.7. The van der Waals surface area contributed by atoms with Gasteiger partial charge in [-0.15, -0.1) is 0 Å². The Labute approximate surface area is 201 Å². The van der Waals surface area contributed by atoms with Gasteiger partial charge in [0.05, 0.1) is 11.0 Å². The number of amides is 2. The van der Waals surface area contributed by atoms with Gasteiger partial charge in [-0.3, -0.25) is 9.59 Å². The average Bonchev–Trinajstić information content (AvgIpc) is 3.26. The summed E-state index contributed by atoms with van der Waals surface area (Å²) in [7, 11) is 0. The molecule has 3 N–H and O–H groups in total. The van der Waals surface area contributed by atoms with E-state index in [0.29, 0.717) is 12.1 Å². The van der Waals surface area contributed by atoms with Crippen LogP contribution in [0.5, 0.6) is 0 Å². The van der Waals surface area contributed by atoms with E-state index in [1.807, 2.05) is 56.3 Å². The summed E-state index contributed by atoms with van der Waals surface area (Å²) in [4.78, 5) is 32.5. The normalized spacial score (nSPS) is 13.7. The quantitative estimate of drug-likeness (QED) is 0.367. The lowest BCUT2D eigenvalue weighted by atomic mass is 9.97. The highest BCUT2D eigenvalue weighted by atomic mass is 16.2. The summed E-state index contributed by atoms with van der Waals surface area (Å²) in [5, 5.41) is 5.96. The number of benzene rings is 2. The lowest BCUT2D eigenvalue weighted by Gasteiger charge is -2.12. The van der Waals surface area contributed by atoms with Gasteiger partial charge in [0.2, 0.25) is 5.91 Å². The van der Waals surface area contributed by atoms with Crippen molar-refractivity contribution in [3.8, 4) is 0 Å². The number of carbonyl (C=O) groups is 2. The number of nitrogens with one attached hydrogen (secondary N) is 3. The summed E-state index contributed by atoms with van der Waals surface area (Å²) in [6.45, 7) is 4.43. The molecule has 6 nitrogen and oxygen atoms in total. The molecule has 1 aromatic heterocycles. The zero-order valence-electron chi connectivity index (χ0n) is 20.1. The molecule has 4 rings (SSSR count). The number of fused-ring (bicyclic) bond motifs is 1. The largest absolute Gasteiger partial charge is 0.352 e. The Kier molecular flexibility index (Phi) is 7.78. The van der Waals surface area contributed by atoms with E-state index in [0.717, 1.165) is 48.2 Å². The third-order valence-electron chi connectivity index (χ3n) is 6.31. The number of aromatic nitrogens is 2. The molecule has 34 heavy (non-hydrogen) atoms. The zero-order valence-corrected chi connectivity index (χ0v) is 20.1. The van der Waals surface area contributed by atoms with E-state index in [2.05, 4.69) is 26.7 Å². The van der Waals surface area contributed by atoms with Crippen LogP contribution in [0.4, 0.5) is 5.69 Å². The minimum atomic E-state index is -0.0430. The smallest absolute Gasteiger partial charge is 0.251 e. The summed E-state index contributed by atoms with van der Waals surface area (Å²) < 4.78 is 0. The Morgan fingerprint density at radius 1 is 1.03 bits per heavy atom. The predicted octanol–water partition coefficient (Wildman–Crippen LogP) is 5.56. The van der Waals surface area contributed by atoms with Gasteiger partial charge in [-0.05, 0) is 74.4 Å². The number of carbonyl (C=O) groups excluding carboxylic acids is 2. The predicted molar refractivity (Wildman–Crippen MR) is 137 cm³/mol. The van der Waals surface area contributed by atoms with Crippen molar-refractivity contribution in [1.82, 2.24) is 15.3 Å².